The fourth-order valence-electron chi connectivity index (χ4n) is 1.64. The Morgan fingerprint density at radius 3 is 2.53 bits per heavy atom. The lowest BCUT2D eigenvalue weighted by molar-refractivity contribution is 0.603. The first-order chi connectivity index (χ1) is 8.81. The van der Waals surface area contributed by atoms with Gasteiger partial charge in [0.05, 0.1) is 5.69 Å². The number of hydrogen-bond acceptors (Lipinski definition) is 4. The molecule has 0 unspecified atom stereocenters. The van der Waals surface area contributed by atoms with Crippen molar-refractivity contribution in [3.8, 4) is 0 Å². The molecule has 1 aromatic carbocycles. The summed E-state index contributed by atoms with van der Waals surface area (Å²) in [6, 6.07) is 5.20. The van der Waals surface area contributed by atoms with E-state index in [0.717, 1.165) is 22.5 Å². The van der Waals surface area contributed by atoms with Crippen molar-refractivity contribution in [1.29, 1.82) is 0 Å². The van der Waals surface area contributed by atoms with Crippen LogP contribution in [0.5, 0.6) is 0 Å². The first-order valence-electron chi connectivity index (χ1n) is 5.44. The van der Waals surface area contributed by atoms with Gasteiger partial charge in [-0.1, -0.05) is 6.07 Å². The number of anilines is 2. The minimum absolute atomic E-state index is 0.256. The Labute approximate surface area is 124 Å². The molecule has 3 N–H and O–H groups in total. The van der Waals surface area contributed by atoms with E-state index in [1.54, 1.807) is 17.5 Å². The van der Waals surface area contributed by atoms with Crippen LogP contribution in [0.3, 0.4) is 0 Å². The summed E-state index contributed by atoms with van der Waals surface area (Å²) in [6.07, 6.45) is 0. The molecular weight excluding hydrogens is 348 g/mol. The van der Waals surface area contributed by atoms with E-state index in [4.69, 9.17) is 5.73 Å². The summed E-state index contributed by atoms with van der Waals surface area (Å²) in [5, 5.41) is 1.72. The van der Waals surface area contributed by atoms with Crippen molar-refractivity contribution in [3.63, 3.8) is 0 Å². The van der Waals surface area contributed by atoms with Gasteiger partial charge in [0.15, 0.2) is 4.21 Å². The van der Waals surface area contributed by atoms with Gasteiger partial charge >= 0.3 is 0 Å². The predicted molar refractivity (Wildman–Crippen MR) is 83.2 cm³/mol. The number of rotatable bonds is 3. The molecule has 0 amide bonds. The van der Waals surface area contributed by atoms with Gasteiger partial charge in [-0.15, -0.1) is 11.3 Å². The van der Waals surface area contributed by atoms with Gasteiger partial charge in [0.25, 0.3) is 10.0 Å². The van der Waals surface area contributed by atoms with Gasteiger partial charge in [0.1, 0.15) is 0 Å². The zero-order valence-electron chi connectivity index (χ0n) is 10.4. The molecule has 0 saturated heterocycles. The summed E-state index contributed by atoms with van der Waals surface area (Å²) in [5.74, 6) is 0. The first kappa shape index (κ1) is 14.4. The topological polar surface area (TPSA) is 72.2 Å². The van der Waals surface area contributed by atoms with E-state index in [1.807, 2.05) is 19.9 Å². The molecule has 0 aliphatic carbocycles. The molecule has 2 aromatic rings. The van der Waals surface area contributed by atoms with Crippen molar-refractivity contribution >= 4 is 48.7 Å². The molecule has 0 fully saturated rings. The number of benzene rings is 1. The van der Waals surface area contributed by atoms with Crippen LogP contribution in [0, 0.1) is 13.8 Å². The third kappa shape index (κ3) is 2.93. The van der Waals surface area contributed by atoms with Crippen LogP contribution >= 0.6 is 27.3 Å². The van der Waals surface area contributed by atoms with Crippen molar-refractivity contribution in [2.45, 2.75) is 18.1 Å². The zero-order valence-corrected chi connectivity index (χ0v) is 13.6. The number of nitrogens with one attached hydrogen (secondary N) is 1. The minimum Gasteiger partial charge on any atom is -0.398 e. The van der Waals surface area contributed by atoms with Gasteiger partial charge in [-0.05, 0) is 58.4 Å². The number of thiophene rings is 1. The van der Waals surface area contributed by atoms with Crippen LogP contribution < -0.4 is 10.5 Å². The maximum Gasteiger partial charge on any atom is 0.272 e. The maximum absolute atomic E-state index is 12.3. The second-order valence-corrected chi connectivity index (χ2v) is 7.83. The van der Waals surface area contributed by atoms with E-state index in [1.165, 1.54) is 0 Å². The Morgan fingerprint density at radius 1 is 1.26 bits per heavy atom. The predicted octanol–water partition coefficient (Wildman–Crippen LogP) is 3.51. The van der Waals surface area contributed by atoms with Crippen LogP contribution in [0.4, 0.5) is 11.4 Å². The fraction of sp³-hybridized carbons (Fsp3) is 0.167. The molecule has 0 saturated carbocycles. The van der Waals surface area contributed by atoms with Crippen LogP contribution in [-0.4, -0.2) is 8.42 Å². The smallest absolute Gasteiger partial charge is 0.272 e. The van der Waals surface area contributed by atoms with Gasteiger partial charge in [-0.3, -0.25) is 4.72 Å². The Kier molecular flexibility index (Phi) is 3.89. The minimum atomic E-state index is -3.59. The number of hydrogen-bond donors (Lipinski definition) is 2. The molecule has 7 heteroatoms. The molecule has 1 aromatic heterocycles. The Morgan fingerprint density at radius 2 is 1.95 bits per heavy atom. The van der Waals surface area contributed by atoms with Gasteiger partial charge in [-0.2, -0.15) is 0 Å². The van der Waals surface area contributed by atoms with E-state index >= 15 is 0 Å². The molecule has 0 aliphatic rings. The summed E-state index contributed by atoms with van der Waals surface area (Å²) in [4.78, 5) is 0. The van der Waals surface area contributed by atoms with Crippen LogP contribution in [0.25, 0.3) is 0 Å². The molecule has 1 heterocycles. The van der Waals surface area contributed by atoms with Gasteiger partial charge in [0.2, 0.25) is 0 Å². The van der Waals surface area contributed by atoms with Crippen molar-refractivity contribution in [2.24, 2.45) is 0 Å². The van der Waals surface area contributed by atoms with Crippen LogP contribution in [-0.2, 0) is 10.0 Å². The molecule has 0 atom stereocenters. The van der Waals surface area contributed by atoms with Gasteiger partial charge in [-0.25, -0.2) is 8.42 Å². The molecule has 2 rings (SSSR count). The maximum atomic E-state index is 12.3. The normalized spacial score (nSPS) is 11.5. The number of nitrogens with two attached hydrogens (primary N) is 1. The van der Waals surface area contributed by atoms with E-state index in [0.29, 0.717) is 15.8 Å². The van der Waals surface area contributed by atoms with Gasteiger partial charge in [0, 0.05) is 10.2 Å². The molecular formula is C12H13BrN2O2S2. The molecule has 0 bridgehead atoms. The van der Waals surface area contributed by atoms with Crippen molar-refractivity contribution < 1.29 is 8.42 Å². The summed E-state index contributed by atoms with van der Waals surface area (Å²) < 4.78 is 27.9. The largest absolute Gasteiger partial charge is 0.398 e. The Hall–Kier alpha value is -1.05. The molecule has 102 valence electrons. The van der Waals surface area contributed by atoms with E-state index in [-0.39, 0.29) is 4.21 Å². The van der Waals surface area contributed by atoms with Gasteiger partial charge < -0.3 is 5.73 Å². The second-order valence-electron chi connectivity index (χ2n) is 4.19. The summed E-state index contributed by atoms with van der Waals surface area (Å²) in [6.45, 7) is 3.73. The standard InChI is InChI=1S/C12H13BrN2O2S2/c1-7-5-8(2)11(6-10(7)14)15-19(16,17)12-9(13)3-4-18-12/h3-6,15H,14H2,1-2H3. The third-order valence-electron chi connectivity index (χ3n) is 2.69. The molecule has 0 radical (unpaired) electrons. The highest BCUT2D eigenvalue weighted by Crippen LogP contribution is 2.31. The second kappa shape index (κ2) is 5.15. The van der Waals surface area contributed by atoms with Crippen LogP contribution in [0.1, 0.15) is 11.1 Å². The summed E-state index contributed by atoms with van der Waals surface area (Å²) in [5.41, 5.74) is 8.65. The Balaban J connectivity index is 2.42. The lowest BCUT2D eigenvalue weighted by Gasteiger charge is -2.12. The van der Waals surface area contributed by atoms with E-state index in [2.05, 4.69) is 20.7 Å². The number of halogens is 1. The lowest BCUT2D eigenvalue weighted by atomic mass is 10.1. The van der Waals surface area contributed by atoms with Crippen LogP contribution in [0.15, 0.2) is 32.3 Å². The highest BCUT2D eigenvalue weighted by Gasteiger charge is 2.20. The average molecular weight is 361 g/mol. The SMILES string of the molecule is Cc1cc(C)c(NS(=O)(=O)c2sccc2Br)cc1N. The van der Waals surface area contributed by atoms with Crippen molar-refractivity contribution in [3.05, 3.63) is 39.2 Å². The van der Waals surface area contributed by atoms with E-state index < -0.39 is 10.0 Å². The van der Waals surface area contributed by atoms with Crippen molar-refractivity contribution in [1.82, 2.24) is 0 Å². The number of nitrogen functional groups attached to an aromatic ring is 1. The lowest BCUT2D eigenvalue weighted by Crippen LogP contribution is -2.13. The van der Waals surface area contributed by atoms with Crippen LogP contribution in [0.2, 0.25) is 0 Å². The number of sulfonamides is 1. The van der Waals surface area contributed by atoms with E-state index in [9.17, 15) is 8.42 Å². The third-order valence-corrected chi connectivity index (χ3v) is 6.72. The fourth-order valence-corrected chi connectivity index (χ4v) is 5.10. The zero-order chi connectivity index (χ0) is 14.2. The van der Waals surface area contributed by atoms with Crippen molar-refractivity contribution in [2.75, 3.05) is 10.5 Å². The molecule has 0 spiro atoms. The number of aryl methyl sites for hydroxylation is 2. The molecule has 0 aliphatic heterocycles. The highest BCUT2D eigenvalue weighted by molar-refractivity contribution is 9.10. The highest BCUT2D eigenvalue weighted by atomic mass is 79.9. The summed E-state index contributed by atoms with van der Waals surface area (Å²) in [7, 11) is -3.59. The summed E-state index contributed by atoms with van der Waals surface area (Å²) >= 11 is 4.39. The average Bonchev–Trinajstić information content (AvgIpc) is 2.73. The Bertz CT molecular complexity index is 723. The quantitative estimate of drug-likeness (QED) is 0.822. The monoisotopic (exact) mass is 360 g/mol. The molecule has 19 heavy (non-hydrogen) atoms. The first-order valence-corrected chi connectivity index (χ1v) is 8.59. The molecule has 4 nitrogen and oxygen atoms in total.